The van der Waals surface area contributed by atoms with Crippen molar-refractivity contribution in [3.05, 3.63) is 129 Å². The first-order chi connectivity index (χ1) is 22.6. The first-order valence-corrected chi connectivity index (χ1v) is 19.8. The number of hydrogen-bond acceptors (Lipinski definition) is 4. The molecule has 269 valence electrons. The van der Waals surface area contributed by atoms with E-state index in [1.165, 1.54) is 11.1 Å². The smallest absolute Gasteiger partial charge is 0.147 e. The second-order valence-electron chi connectivity index (χ2n) is 17.6. The van der Waals surface area contributed by atoms with E-state index in [1.54, 1.807) is 0 Å². The maximum Gasteiger partial charge on any atom is -0.147 e. The zero-order chi connectivity index (χ0) is 36.2. The summed E-state index contributed by atoms with van der Waals surface area (Å²) in [6.45, 7) is 26.0. The molecule has 50 heavy (non-hydrogen) atoms. The summed E-state index contributed by atoms with van der Waals surface area (Å²) >= 11 is -2.97. The number of benzene rings is 4. The van der Waals surface area contributed by atoms with Crippen LogP contribution in [0.4, 0.5) is 0 Å². The summed E-state index contributed by atoms with van der Waals surface area (Å²) in [6.07, 6.45) is 3.80. The molecule has 1 fully saturated rings. The molecule has 1 saturated heterocycles. The van der Waals surface area contributed by atoms with Gasteiger partial charge in [-0.2, -0.15) is 0 Å². The molecule has 2 atom stereocenters. The molecule has 2 N–H and O–H groups in total. The molecule has 4 nitrogen and oxygen atoms in total. The van der Waals surface area contributed by atoms with Crippen LogP contribution in [0.25, 0.3) is 0 Å². The Bertz CT molecular complexity index is 1730. The predicted octanol–water partition coefficient (Wildman–Crippen LogP) is 11.7. The van der Waals surface area contributed by atoms with Gasteiger partial charge in [0.1, 0.15) is 0 Å². The fourth-order valence-electron chi connectivity index (χ4n) is 6.29. The SMILES string of the molecule is CC(C)(C)c1cc(C=[N][Mn]2([N]=Cc3cc(C(C)(C)C)cc(C(C)(C)C)c3O)[C@H](c3ccccc3)[C@H]2c2ccccc2)c(O)c(C(C)(C)C)c1.Cl. The zero-order valence-corrected chi connectivity index (χ0v) is 34.0. The van der Waals surface area contributed by atoms with Crippen LogP contribution < -0.4 is 0 Å². The van der Waals surface area contributed by atoms with Gasteiger partial charge in [0.25, 0.3) is 0 Å². The van der Waals surface area contributed by atoms with Crippen LogP contribution in [0.15, 0.2) is 92.9 Å². The molecular formula is C44H57ClMnN2O2. The van der Waals surface area contributed by atoms with Gasteiger partial charge in [-0.25, -0.2) is 0 Å². The minimum atomic E-state index is -2.97. The van der Waals surface area contributed by atoms with E-state index in [0.29, 0.717) is 0 Å². The first kappa shape index (κ1) is 39.4. The Labute approximate surface area is 310 Å². The van der Waals surface area contributed by atoms with Crippen LogP contribution in [-0.4, -0.2) is 22.6 Å². The Morgan fingerprint density at radius 3 is 1.10 bits per heavy atom. The Hall–Kier alpha value is -3.37. The van der Waals surface area contributed by atoms with Gasteiger partial charge in [0.2, 0.25) is 0 Å². The van der Waals surface area contributed by atoms with Gasteiger partial charge in [-0.1, -0.05) is 0 Å². The molecular weight excluding hydrogens is 679 g/mol. The van der Waals surface area contributed by atoms with Gasteiger partial charge >= 0.3 is 299 Å². The van der Waals surface area contributed by atoms with Crippen LogP contribution >= 0.6 is 12.4 Å². The van der Waals surface area contributed by atoms with Gasteiger partial charge < -0.3 is 0 Å². The van der Waals surface area contributed by atoms with Crippen molar-refractivity contribution in [3.8, 4) is 11.5 Å². The first-order valence-electron chi connectivity index (χ1n) is 17.4. The molecule has 0 spiro atoms. The average Bonchev–Trinajstić information content (AvgIpc) is 3.67. The van der Waals surface area contributed by atoms with E-state index < -0.39 is 13.3 Å². The third-order valence-electron chi connectivity index (χ3n) is 9.43. The molecule has 5 rings (SSSR count). The van der Waals surface area contributed by atoms with Crippen molar-refractivity contribution >= 4 is 24.8 Å². The van der Waals surface area contributed by atoms with Crippen molar-refractivity contribution < 1.29 is 23.5 Å². The predicted molar refractivity (Wildman–Crippen MR) is 212 cm³/mol. The summed E-state index contributed by atoms with van der Waals surface area (Å²) < 4.78 is 11.0. The molecule has 4 aromatic rings. The molecule has 0 aliphatic carbocycles. The third kappa shape index (κ3) is 8.07. The number of halogens is 1. The van der Waals surface area contributed by atoms with Crippen LogP contribution in [0, 0.1) is 0 Å². The topological polar surface area (TPSA) is 65.2 Å². The van der Waals surface area contributed by atoms with Crippen molar-refractivity contribution in [3.63, 3.8) is 0 Å². The molecule has 1 heterocycles. The zero-order valence-electron chi connectivity index (χ0n) is 32.0. The van der Waals surface area contributed by atoms with Crippen molar-refractivity contribution in [1.29, 1.82) is 0 Å². The van der Waals surface area contributed by atoms with Gasteiger partial charge in [0.05, 0.1) is 0 Å². The number of rotatable bonds is 6. The van der Waals surface area contributed by atoms with Crippen molar-refractivity contribution in [2.45, 2.75) is 114 Å². The third-order valence-corrected chi connectivity index (χ3v) is 14.0. The van der Waals surface area contributed by atoms with Gasteiger partial charge in [0.15, 0.2) is 0 Å². The van der Waals surface area contributed by atoms with E-state index in [2.05, 4.69) is 156 Å². The van der Waals surface area contributed by atoms with Gasteiger partial charge in [-0.15, -0.1) is 12.4 Å². The summed E-state index contributed by atoms with van der Waals surface area (Å²) in [5, 5.41) is 23.4. The number of hydrogen-bond donors (Lipinski definition) is 2. The number of phenols is 2. The van der Waals surface area contributed by atoms with Crippen LogP contribution in [0.3, 0.4) is 0 Å². The number of phenolic OH excluding ortho intramolecular Hbond substituents is 2. The van der Waals surface area contributed by atoms with Gasteiger partial charge in [-0.05, 0) is 0 Å². The Kier molecular flexibility index (Phi) is 11.0. The van der Waals surface area contributed by atoms with E-state index in [1.807, 2.05) is 24.6 Å². The molecule has 0 aromatic heterocycles. The normalized spacial score (nSPS) is 21.2. The molecule has 0 amide bonds. The van der Waals surface area contributed by atoms with E-state index >= 15 is 0 Å². The second-order valence-corrected chi connectivity index (χ2v) is 21.5. The van der Waals surface area contributed by atoms with E-state index in [0.717, 1.165) is 33.4 Å². The number of aromatic hydroxyl groups is 2. The van der Waals surface area contributed by atoms with Crippen LogP contribution in [0.2, 0.25) is 0 Å². The Balaban J connectivity index is 0.00000562. The van der Waals surface area contributed by atoms with Crippen molar-refractivity contribution in [2.24, 2.45) is 8.02 Å². The van der Waals surface area contributed by atoms with E-state index in [4.69, 9.17) is 8.02 Å². The fraction of sp³-hybridized carbons (Fsp3) is 0.409. The molecule has 0 radical (unpaired) electrons. The maximum atomic E-state index is 11.7. The summed E-state index contributed by atoms with van der Waals surface area (Å²) in [7, 11) is 0. The van der Waals surface area contributed by atoms with Crippen molar-refractivity contribution in [2.75, 3.05) is 0 Å². The van der Waals surface area contributed by atoms with Gasteiger partial charge in [-0.3, -0.25) is 0 Å². The maximum absolute atomic E-state index is 11.7. The molecule has 4 aromatic carbocycles. The Morgan fingerprint density at radius 2 is 0.820 bits per heavy atom. The Morgan fingerprint density at radius 1 is 0.500 bits per heavy atom. The average molecular weight is 736 g/mol. The molecule has 0 unspecified atom stereocenters. The minimum absolute atomic E-state index is 0. The molecule has 1 aliphatic heterocycles. The monoisotopic (exact) mass is 735 g/mol. The molecule has 6 heteroatoms. The summed E-state index contributed by atoms with van der Waals surface area (Å²) in [6, 6.07) is 29.7. The molecule has 0 saturated carbocycles. The van der Waals surface area contributed by atoms with Crippen LogP contribution in [0.5, 0.6) is 11.5 Å². The van der Waals surface area contributed by atoms with Crippen LogP contribution in [-0.2, 0) is 34.9 Å². The van der Waals surface area contributed by atoms with Gasteiger partial charge in [0, 0.05) is 0 Å². The summed E-state index contributed by atoms with van der Waals surface area (Å²) in [4.78, 5) is 0.186. The number of nitrogens with zero attached hydrogens (tertiary/aromatic N) is 2. The largest absolute Gasteiger partial charge is 0.147 e. The molecule has 0 bridgehead atoms. The fourth-order valence-corrected chi connectivity index (χ4v) is 11.4. The van der Waals surface area contributed by atoms with Crippen molar-refractivity contribution in [1.82, 2.24) is 0 Å². The van der Waals surface area contributed by atoms with Crippen LogP contribution in [0.1, 0.15) is 137 Å². The summed E-state index contributed by atoms with van der Waals surface area (Å²) in [5.41, 5.74) is 7.29. The quantitative estimate of drug-likeness (QED) is 0.153. The van der Waals surface area contributed by atoms with E-state index in [9.17, 15) is 10.2 Å². The standard InChI is InChI=1S/2C15H22NO.C14H12.ClH.Mn/c2*1-14(2,3)11-7-10(9-16)13(17)12(8-11)15(4,5)6;1-3-7-13(8-4-1)11-12-14-9-5-2-6-10-14;;/h2*7-9,17H,1-6H3;1-12H;1H;/q2*-1;;;+2. The second kappa shape index (κ2) is 14.0. The minimum Gasteiger partial charge on any atom is -0.147 e. The molecule has 1 aliphatic rings. The summed E-state index contributed by atoms with van der Waals surface area (Å²) in [5.74, 6) is 0.549. The van der Waals surface area contributed by atoms with E-state index in [-0.39, 0.29) is 55.2 Å².